The summed E-state index contributed by atoms with van der Waals surface area (Å²) in [6.07, 6.45) is 0.921. The molecule has 0 saturated heterocycles. The molecule has 102 valence electrons. The fraction of sp³-hybridized carbons (Fsp3) is 0.429. The van der Waals surface area contributed by atoms with Crippen LogP contribution in [0.25, 0.3) is 11.5 Å². The maximum Gasteiger partial charge on any atom is 0.248 e. The Labute approximate surface area is 121 Å². The average Bonchev–Trinajstić information content (AvgIpc) is 2.88. The molecule has 1 aromatic carbocycles. The Morgan fingerprint density at radius 2 is 2.11 bits per heavy atom. The molecule has 0 bridgehead atoms. The topological polar surface area (TPSA) is 51.0 Å². The van der Waals surface area contributed by atoms with Crippen LogP contribution in [0.3, 0.4) is 0 Å². The monoisotopic (exact) mass is 323 g/mol. The lowest BCUT2D eigenvalue weighted by atomic mass is 10.1. The first-order valence-corrected chi connectivity index (χ1v) is 7.28. The van der Waals surface area contributed by atoms with E-state index in [1.165, 1.54) is 0 Å². The van der Waals surface area contributed by atoms with Crippen molar-refractivity contribution in [2.45, 2.75) is 33.2 Å². The van der Waals surface area contributed by atoms with Gasteiger partial charge in [-0.25, -0.2) is 0 Å². The first-order chi connectivity index (χ1) is 9.17. The molecule has 1 aromatic heterocycles. The van der Waals surface area contributed by atoms with Crippen LogP contribution in [0.2, 0.25) is 0 Å². The highest BCUT2D eigenvalue weighted by Gasteiger charge is 2.18. The Kier molecular flexibility index (Phi) is 4.71. The van der Waals surface area contributed by atoms with Crippen molar-refractivity contribution in [3.63, 3.8) is 0 Å². The molecule has 0 aliphatic heterocycles. The molecular formula is C14H18BrN3O. The van der Waals surface area contributed by atoms with Gasteiger partial charge in [-0.05, 0) is 47.4 Å². The predicted octanol–water partition coefficient (Wildman–Crippen LogP) is 3.87. The fourth-order valence-corrected chi connectivity index (χ4v) is 2.38. The normalized spacial score (nSPS) is 12.6. The highest BCUT2D eigenvalue weighted by molar-refractivity contribution is 9.10. The van der Waals surface area contributed by atoms with Crippen molar-refractivity contribution in [1.82, 2.24) is 15.5 Å². The van der Waals surface area contributed by atoms with Gasteiger partial charge in [0, 0.05) is 4.47 Å². The molecule has 5 heteroatoms. The molecule has 1 heterocycles. The lowest BCUT2D eigenvalue weighted by Gasteiger charge is -2.10. The Morgan fingerprint density at radius 1 is 1.32 bits per heavy atom. The van der Waals surface area contributed by atoms with Crippen LogP contribution in [0.1, 0.15) is 37.8 Å². The molecule has 0 aliphatic carbocycles. The Morgan fingerprint density at radius 3 is 2.79 bits per heavy atom. The predicted molar refractivity (Wildman–Crippen MR) is 78.9 cm³/mol. The molecule has 1 atom stereocenters. The number of aromatic nitrogens is 2. The fourth-order valence-electron chi connectivity index (χ4n) is 1.95. The van der Waals surface area contributed by atoms with Crippen LogP contribution in [0.15, 0.2) is 27.1 Å². The molecule has 0 radical (unpaired) electrons. The third-order valence-electron chi connectivity index (χ3n) is 3.02. The van der Waals surface area contributed by atoms with E-state index in [2.05, 4.69) is 45.3 Å². The van der Waals surface area contributed by atoms with Gasteiger partial charge in [-0.2, -0.15) is 0 Å². The molecule has 2 aromatic rings. The Bertz CT molecular complexity index is 553. The number of rotatable bonds is 5. The molecular weight excluding hydrogens is 306 g/mol. The van der Waals surface area contributed by atoms with Crippen LogP contribution in [-0.2, 0) is 0 Å². The lowest BCUT2D eigenvalue weighted by Crippen LogP contribution is -2.20. The number of hydrogen-bond donors (Lipinski definition) is 1. The van der Waals surface area contributed by atoms with E-state index in [0.29, 0.717) is 11.8 Å². The van der Waals surface area contributed by atoms with E-state index in [1.54, 1.807) is 0 Å². The molecule has 0 amide bonds. The van der Waals surface area contributed by atoms with E-state index in [-0.39, 0.29) is 6.04 Å². The number of halogens is 1. The summed E-state index contributed by atoms with van der Waals surface area (Å²) in [6.45, 7) is 7.08. The summed E-state index contributed by atoms with van der Waals surface area (Å²) >= 11 is 3.57. The van der Waals surface area contributed by atoms with Gasteiger partial charge in [-0.15, -0.1) is 10.2 Å². The third kappa shape index (κ3) is 3.04. The molecule has 1 unspecified atom stereocenters. The standard InChI is InChI=1S/C14H18BrN3O/c1-4-11(16-5-2)14-18-17-13(19-14)10-8-6-7-9(3)12(10)15/h6-8,11,16H,4-5H2,1-3H3. The van der Waals surface area contributed by atoms with Gasteiger partial charge in [0.1, 0.15) is 0 Å². The summed E-state index contributed by atoms with van der Waals surface area (Å²) in [4.78, 5) is 0. The van der Waals surface area contributed by atoms with E-state index >= 15 is 0 Å². The number of aryl methyl sites for hydroxylation is 1. The van der Waals surface area contributed by atoms with Crippen LogP contribution < -0.4 is 5.32 Å². The minimum absolute atomic E-state index is 0.120. The van der Waals surface area contributed by atoms with E-state index in [4.69, 9.17) is 4.42 Å². The second kappa shape index (κ2) is 6.30. The van der Waals surface area contributed by atoms with Gasteiger partial charge in [0.2, 0.25) is 11.8 Å². The van der Waals surface area contributed by atoms with Gasteiger partial charge in [0.15, 0.2) is 0 Å². The van der Waals surface area contributed by atoms with Crippen LogP contribution >= 0.6 is 15.9 Å². The van der Waals surface area contributed by atoms with Gasteiger partial charge in [-0.1, -0.05) is 26.0 Å². The maximum atomic E-state index is 5.80. The molecule has 0 spiro atoms. The summed E-state index contributed by atoms with van der Waals surface area (Å²) in [5.41, 5.74) is 2.08. The lowest BCUT2D eigenvalue weighted by molar-refractivity contribution is 0.402. The molecule has 0 saturated carbocycles. The second-order valence-electron chi connectivity index (χ2n) is 4.40. The van der Waals surface area contributed by atoms with E-state index < -0.39 is 0 Å². The van der Waals surface area contributed by atoms with Crippen LogP contribution in [-0.4, -0.2) is 16.7 Å². The minimum atomic E-state index is 0.120. The van der Waals surface area contributed by atoms with Crippen molar-refractivity contribution in [3.05, 3.63) is 34.1 Å². The first-order valence-electron chi connectivity index (χ1n) is 6.49. The van der Waals surface area contributed by atoms with Gasteiger partial charge >= 0.3 is 0 Å². The number of nitrogens with zero attached hydrogens (tertiary/aromatic N) is 2. The number of hydrogen-bond acceptors (Lipinski definition) is 4. The highest BCUT2D eigenvalue weighted by Crippen LogP contribution is 2.30. The maximum absolute atomic E-state index is 5.80. The zero-order valence-electron chi connectivity index (χ0n) is 11.4. The van der Waals surface area contributed by atoms with E-state index in [9.17, 15) is 0 Å². The van der Waals surface area contributed by atoms with Crippen LogP contribution in [0.4, 0.5) is 0 Å². The van der Waals surface area contributed by atoms with Crippen LogP contribution in [0.5, 0.6) is 0 Å². The Balaban J connectivity index is 2.32. The SMILES string of the molecule is CCNC(CC)c1nnc(-c2cccc(C)c2Br)o1. The smallest absolute Gasteiger partial charge is 0.248 e. The molecule has 1 N–H and O–H groups in total. The van der Waals surface area contributed by atoms with Crippen molar-refractivity contribution in [2.75, 3.05) is 6.54 Å². The summed E-state index contributed by atoms with van der Waals surface area (Å²) in [7, 11) is 0. The van der Waals surface area contributed by atoms with Gasteiger partial charge in [0.05, 0.1) is 11.6 Å². The number of nitrogens with one attached hydrogen (secondary N) is 1. The molecule has 19 heavy (non-hydrogen) atoms. The van der Waals surface area contributed by atoms with Crippen LogP contribution in [0, 0.1) is 6.92 Å². The van der Waals surface area contributed by atoms with Crippen molar-refractivity contribution >= 4 is 15.9 Å². The Hall–Kier alpha value is -1.20. The van der Waals surface area contributed by atoms with Gasteiger partial charge in [0.25, 0.3) is 0 Å². The van der Waals surface area contributed by atoms with Crippen molar-refractivity contribution in [3.8, 4) is 11.5 Å². The van der Waals surface area contributed by atoms with E-state index in [1.807, 2.05) is 25.1 Å². The van der Waals surface area contributed by atoms with Crippen molar-refractivity contribution in [2.24, 2.45) is 0 Å². The average molecular weight is 324 g/mol. The quantitative estimate of drug-likeness (QED) is 0.907. The molecule has 0 aliphatic rings. The minimum Gasteiger partial charge on any atom is -0.419 e. The first kappa shape index (κ1) is 14.2. The summed E-state index contributed by atoms with van der Waals surface area (Å²) in [6, 6.07) is 6.12. The van der Waals surface area contributed by atoms with E-state index in [0.717, 1.165) is 28.6 Å². The summed E-state index contributed by atoms with van der Waals surface area (Å²) in [5.74, 6) is 1.20. The second-order valence-corrected chi connectivity index (χ2v) is 5.19. The molecule has 0 fully saturated rings. The molecule has 4 nitrogen and oxygen atoms in total. The molecule has 2 rings (SSSR count). The number of benzene rings is 1. The van der Waals surface area contributed by atoms with Crippen molar-refractivity contribution < 1.29 is 4.42 Å². The zero-order valence-corrected chi connectivity index (χ0v) is 13.0. The van der Waals surface area contributed by atoms with Crippen molar-refractivity contribution in [1.29, 1.82) is 0 Å². The highest BCUT2D eigenvalue weighted by atomic mass is 79.9. The zero-order chi connectivity index (χ0) is 13.8. The largest absolute Gasteiger partial charge is 0.419 e. The summed E-state index contributed by atoms with van der Waals surface area (Å²) in [5, 5.41) is 11.6. The van der Waals surface area contributed by atoms with Gasteiger partial charge < -0.3 is 9.73 Å². The van der Waals surface area contributed by atoms with Gasteiger partial charge in [-0.3, -0.25) is 0 Å². The summed E-state index contributed by atoms with van der Waals surface area (Å²) < 4.78 is 6.80. The third-order valence-corrected chi connectivity index (χ3v) is 4.07.